The van der Waals surface area contributed by atoms with Gasteiger partial charge >= 0.3 is 0 Å². The maximum Gasteiger partial charge on any atom is 0.0338 e. The molecule has 0 unspecified atom stereocenters. The summed E-state index contributed by atoms with van der Waals surface area (Å²) in [4.78, 5) is 3.72. The lowest BCUT2D eigenvalue weighted by Crippen LogP contribution is -2.22. The summed E-state index contributed by atoms with van der Waals surface area (Å²) in [6, 6.07) is 8.07. The van der Waals surface area contributed by atoms with Crippen molar-refractivity contribution in [3.05, 3.63) is 34.7 Å². The predicted molar refractivity (Wildman–Crippen MR) is 61.2 cm³/mol. The van der Waals surface area contributed by atoms with Crippen molar-refractivity contribution in [2.75, 3.05) is 0 Å². The van der Waals surface area contributed by atoms with Crippen molar-refractivity contribution in [3.63, 3.8) is 0 Å². The molecule has 0 bridgehead atoms. The fraction of sp³-hybridized carbons (Fsp3) is 0.250. The fourth-order valence-electron chi connectivity index (χ4n) is 0.990. The molecule has 70 valence electrons. The smallest absolute Gasteiger partial charge is 0.0338 e. The molecule has 0 aliphatic heterocycles. The lowest BCUT2D eigenvalue weighted by Gasteiger charge is -1.85. The Morgan fingerprint density at radius 3 is 2.15 bits per heavy atom. The van der Waals surface area contributed by atoms with E-state index in [4.69, 9.17) is 0 Å². The van der Waals surface area contributed by atoms with Crippen molar-refractivity contribution < 1.29 is 0 Å². The van der Waals surface area contributed by atoms with Crippen LogP contribution in [0.1, 0.15) is 20.8 Å². The van der Waals surface area contributed by atoms with E-state index in [0.717, 1.165) is 5.22 Å². The standard InChI is InChI=1S/C10H11N.C2H6/c1-3-9-6-4-5-7-10(9)8-11-2;1-2/h3-8H,2H2,1H3;1-2H3/b9-3-,10-8-;. The molecule has 0 amide bonds. The second-order valence-corrected chi connectivity index (χ2v) is 2.23. The van der Waals surface area contributed by atoms with Crippen LogP contribution in [0.4, 0.5) is 0 Å². The number of hydrogen-bond acceptors (Lipinski definition) is 1. The highest BCUT2D eigenvalue weighted by Crippen LogP contribution is 1.72. The van der Waals surface area contributed by atoms with E-state index in [9.17, 15) is 0 Å². The first-order chi connectivity index (χ1) is 6.38. The third-order valence-corrected chi connectivity index (χ3v) is 1.54. The molecule has 0 aromatic heterocycles. The molecule has 0 N–H and O–H groups in total. The van der Waals surface area contributed by atoms with E-state index in [-0.39, 0.29) is 0 Å². The molecule has 0 aliphatic rings. The van der Waals surface area contributed by atoms with Crippen LogP contribution in [0, 0.1) is 0 Å². The molecule has 1 nitrogen and oxygen atoms in total. The zero-order valence-corrected chi connectivity index (χ0v) is 8.62. The van der Waals surface area contributed by atoms with Crippen LogP contribution >= 0.6 is 0 Å². The summed E-state index contributed by atoms with van der Waals surface area (Å²) in [7, 11) is 0. The van der Waals surface area contributed by atoms with E-state index in [1.807, 2.05) is 39.0 Å². The highest BCUT2D eigenvalue weighted by molar-refractivity contribution is 5.38. The van der Waals surface area contributed by atoms with Gasteiger partial charge in [-0.25, -0.2) is 0 Å². The molecule has 1 rings (SSSR count). The minimum absolute atomic E-state index is 1.12. The van der Waals surface area contributed by atoms with E-state index in [2.05, 4.69) is 23.9 Å². The normalized spacial score (nSPS) is 11.9. The Hall–Kier alpha value is -1.37. The Kier molecular flexibility index (Phi) is 6.52. The van der Waals surface area contributed by atoms with Crippen LogP contribution in [0.2, 0.25) is 0 Å². The van der Waals surface area contributed by atoms with Gasteiger partial charge in [-0.15, -0.1) is 0 Å². The van der Waals surface area contributed by atoms with E-state index < -0.39 is 0 Å². The van der Waals surface area contributed by atoms with E-state index >= 15 is 0 Å². The Morgan fingerprint density at radius 1 is 1.15 bits per heavy atom. The zero-order valence-electron chi connectivity index (χ0n) is 8.62. The van der Waals surface area contributed by atoms with Gasteiger partial charge in [0.15, 0.2) is 0 Å². The van der Waals surface area contributed by atoms with Gasteiger partial charge < -0.3 is 0 Å². The summed E-state index contributed by atoms with van der Waals surface area (Å²) >= 11 is 0. The number of hydrogen-bond donors (Lipinski definition) is 0. The summed E-state index contributed by atoms with van der Waals surface area (Å²) in [6.45, 7) is 9.42. The minimum atomic E-state index is 1.12. The monoisotopic (exact) mass is 175 g/mol. The Balaban J connectivity index is 0.000000671. The van der Waals surface area contributed by atoms with Crippen LogP contribution in [0.5, 0.6) is 0 Å². The van der Waals surface area contributed by atoms with Gasteiger partial charge in [0.25, 0.3) is 0 Å². The quantitative estimate of drug-likeness (QED) is 0.578. The van der Waals surface area contributed by atoms with Gasteiger partial charge in [-0.1, -0.05) is 44.2 Å². The lowest BCUT2D eigenvalue weighted by atomic mass is 10.2. The summed E-state index contributed by atoms with van der Waals surface area (Å²) in [5, 5.41) is 2.31. The maximum atomic E-state index is 3.72. The van der Waals surface area contributed by atoms with Gasteiger partial charge in [0, 0.05) is 6.20 Å². The van der Waals surface area contributed by atoms with Gasteiger partial charge in [-0.3, -0.25) is 4.99 Å². The SMILES string of the molecule is C=N/C=c1/cccc/c1=C/C.CC. The van der Waals surface area contributed by atoms with Crippen molar-refractivity contribution in [3.8, 4) is 0 Å². The third kappa shape index (κ3) is 3.70. The zero-order chi connectivity index (χ0) is 10.1. The highest BCUT2D eigenvalue weighted by Gasteiger charge is 1.78. The molecule has 1 aromatic rings. The predicted octanol–water partition coefficient (Wildman–Crippen LogP) is 1.95. The molecule has 0 atom stereocenters. The summed E-state index contributed by atoms with van der Waals surface area (Å²) in [5.74, 6) is 0. The molecule has 0 saturated heterocycles. The topological polar surface area (TPSA) is 12.4 Å². The highest BCUT2D eigenvalue weighted by atomic mass is 14.6. The van der Waals surface area contributed by atoms with Gasteiger partial charge in [0.2, 0.25) is 0 Å². The van der Waals surface area contributed by atoms with Crippen molar-refractivity contribution >= 4 is 19.0 Å². The Labute approximate surface area is 80.1 Å². The summed E-state index contributed by atoms with van der Waals surface area (Å²) in [6.07, 6.45) is 3.81. The first kappa shape index (κ1) is 11.6. The van der Waals surface area contributed by atoms with Crippen molar-refractivity contribution in [1.82, 2.24) is 0 Å². The van der Waals surface area contributed by atoms with Gasteiger partial charge in [-0.2, -0.15) is 0 Å². The number of aliphatic imine (C=N–C) groups is 1. The molecule has 1 aromatic carbocycles. The third-order valence-electron chi connectivity index (χ3n) is 1.54. The summed E-state index contributed by atoms with van der Waals surface area (Å²) < 4.78 is 0. The second kappa shape index (κ2) is 7.29. The molecule has 0 saturated carbocycles. The van der Waals surface area contributed by atoms with Gasteiger partial charge in [0.1, 0.15) is 0 Å². The first-order valence-corrected chi connectivity index (χ1v) is 4.56. The van der Waals surface area contributed by atoms with Crippen LogP contribution in [-0.4, -0.2) is 6.72 Å². The number of rotatable bonds is 1. The Bertz CT molecular complexity index is 350. The van der Waals surface area contributed by atoms with Crippen LogP contribution in [0.15, 0.2) is 29.3 Å². The fourth-order valence-corrected chi connectivity index (χ4v) is 0.990. The van der Waals surface area contributed by atoms with Gasteiger partial charge in [-0.05, 0) is 24.1 Å². The lowest BCUT2D eigenvalue weighted by molar-refractivity contribution is 1.48. The van der Waals surface area contributed by atoms with Crippen molar-refractivity contribution in [1.29, 1.82) is 0 Å². The second-order valence-electron chi connectivity index (χ2n) is 2.23. The van der Waals surface area contributed by atoms with Crippen LogP contribution < -0.4 is 10.4 Å². The minimum Gasteiger partial charge on any atom is -0.272 e. The molecule has 13 heavy (non-hydrogen) atoms. The van der Waals surface area contributed by atoms with Gasteiger partial charge in [0.05, 0.1) is 0 Å². The average molecular weight is 175 g/mol. The molecule has 0 fully saturated rings. The van der Waals surface area contributed by atoms with Crippen LogP contribution in [0.3, 0.4) is 0 Å². The molecule has 1 heteroatoms. The van der Waals surface area contributed by atoms with E-state index in [0.29, 0.717) is 0 Å². The molecular formula is C12H17N. The van der Waals surface area contributed by atoms with Crippen molar-refractivity contribution in [2.45, 2.75) is 20.8 Å². The average Bonchev–Trinajstić information content (AvgIpc) is 2.22. The van der Waals surface area contributed by atoms with Crippen molar-refractivity contribution in [2.24, 2.45) is 4.99 Å². The van der Waals surface area contributed by atoms with Crippen LogP contribution in [0.25, 0.3) is 12.3 Å². The number of nitrogens with zero attached hydrogens (tertiary/aromatic N) is 1. The number of benzene rings is 1. The Morgan fingerprint density at radius 2 is 1.69 bits per heavy atom. The molecular weight excluding hydrogens is 158 g/mol. The molecule has 0 aliphatic carbocycles. The first-order valence-electron chi connectivity index (χ1n) is 4.56. The molecule has 0 radical (unpaired) electrons. The molecule has 0 spiro atoms. The maximum absolute atomic E-state index is 3.72. The van der Waals surface area contributed by atoms with Crippen LogP contribution in [-0.2, 0) is 0 Å². The van der Waals surface area contributed by atoms with E-state index in [1.54, 1.807) is 6.20 Å². The van der Waals surface area contributed by atoms with E-state index in [1.165, 1.54) is 5.22 Å². The molecule has 0 heterocycles. The largest absolute Gasteiger partial charge is 0.272 e. The summed E-state index contributed by atoms with van der Waals surface area (Å²) in [5.41, 5.74) is 0.